The molecule has 4 rings (SSSR count). The van der Waals surface area contributed by atoms with Gasteiger partial charge in [-0.05, 0) is 67.3 Å². The van der Waals surface area contributed by atoms with Crippen molar-refractivity contribution in [3.05, 3.63) is 99.6 Å². The van der Waals surface area contributed by atoms with E-state index in [1.165, 1.54) is 22.8 Å². The van der Waals surface area contributed by atoms with Crippen molar-refractivity contribution >= 4 is 9.84 Å². The van der Waals surface area contributed by atoms with Gasteiger partial charge in [0.1, 0.15) is 5.82 Å². The maximum absolute atomic E-state index is 13.7. The van der Waals surface area contributed by atoms with Crippen LogP contribution in [0.3, 0.4) is 0 Å². The number of pyridine rings is 1. The number of benzene rings is 2. The lowest BCUT2D eigenvalue weighted by molar-refractivity contribution is 0.358. The number of halogens is 1. The molecule has 8 nitrogen and oxygen atoms in total. The minimum Gasteiger partial charge on any atom is -0.493 e. The van der Waals surface area contributed by atoms with E-state index in [1.54, 1.807) is 49.4 Å². The van der Waals surface area contributed by atoms with Gasteiger partial charge in [0.25, 0.3) is 5.56 Å². The summed E-state index contributed by atoms with van der Waals surface area (Å²) < 4.78 is 42.3. The third-order valence-electron chi connectivity index (χ3n) is 6.81. The number of sulfone groups is 1. The molecular weight excluding hydrogens is 531 g/mol. The van der Waals surface area contributed by atoms with Gasteiger partial charge in [-0.2, -0.15) is 14.6 Å². The van der Waals surface area contributed by atoms with Crippen LogP contribution in [0.15, 0.2) is 75.2 Å². The predicted molar refractivity (Wildman–Crippen MR) is 148 cm³/mol. The molecule has 0 aliphatic carbocycles. The maximum atomic E-state index is 13.7. The number of nitriles is 1. The number of hydrogen-bond acceptors (Lipinski definition) is 7. The fourth-order valence-electron chi connectivity index (χ4n) is 4.74. The highest BCUT2D eigenvalue weighted by Gasteiger charge is 2.32. The number of unbranched alkanes of at least 4 members (excludes halogenated alkanes) is 1. The van der Waals surface area contributed by atoms with Gasteiger partial charge in [-0.3, -0.25) is 9.36 Å². The molecule has 0 spiro atoms. The Kier molecular flexibility index (Phi) is 8.45. The smallest absolute Gasteiger partial charge is 0.296 e. The van der Waals surface area contributed by atoms with Crippen molar-refractivity contribution < 1.29 is 17.9 Å². The highest BCUT2D eigenvalue weighted by atomic mass is 32.2. The normalized spacial score (nSPS) is 12.2. The SMILES string of the molecule is CCCCc1nc(=O)c(S(=O)(=O)c2ccc(-c3ccc(F)nc3C)cc2)c(O)n1C(CC)c1ccc(C#N)cc1. The molecule has 10 heteroatoms. The first-order valence-electron chi connectivity index (χ1n) is 12.9. The van der Waals surface area contributed by atoms with Crippen LogP contribution in [0.4, 0.5) is 4.39 Å². The monoisotopic (exact) mass is 560 g/mol. The topological polar surface area (TPSA) is 126 Å². The van der Waals surface area contributed by atoms with Crippen LogP contribution in [-0.2, 0) is 16.3 Å². The molecule has 4 aromatic rings. The molecule has 2 aromatic heterocycles. The van der Waals surface area contributed by atoms with Gasteiger partial charge in [-0.1, -0.05) is 44.5 Å². The molecule has 1 N–H and O–H groups in total. The summed E-state index contributed by atoms with van der Waals surface area (Å²) in [5.41, 5.74) is 1.85. The van der Waals surface area contributed by atoms with Crippen LogP contribution < -0.4 is 5.56 Å². The van der Waals surface area contributed by atoms with E-state index >= 15 is 0 Å². The van der Waals surface area contributed by atoms with Gasteiger partial charge in [-0.15, -0.1) is 0 Å². The Labute approximate surface area is 232 Å². The first-order chi connectivity index (χ1) is 19.1. The van der Waals surface area contributed by atoms with Crippen LogP contribution in [0.1, 0.15) is 61.8 Å². The Morgan fingerprint density at radius 2 is 1.70 bits per heavy atom. The summed E-state index contributed by atoms with van der Waals surface area (Å²) in [7, 11) is -4.47. The first kappa shape index (κ1) is 28.6. The molecule has 1 atom stereocenters. The zero-order chi connectivity index (χ0) is 29.0. The van der Waals surface area contributed by atoms with Gasteiger partial charge in [0.05, 0.1) is 22.6 Å². The largest absolute Gasteiger partial charge is 0.493 e. The van der Waals surface area contributed by atoms with Crippen molar-refractivity contribution in [3.63, 3.8) is 0 Å². The maximum Gasteiger partial charge on any atom is 0.296 e. The summed E-state index contributed by atoms with van der Waals surface area (Å²) in [6.45, 7) is 5.50. The molecule has 2 heterocycles. The lowest BCUT2D eigenvalue weighted by Crippen LogP contribution is -2.27. The number of aromatic hydroxyl groups is 1. The molecule has 0 amide bonds. The zero-order valence-electron chi connectivity index (χ0n) is 22.4. The zero-order valence-corrected chi connectivity index (χ0v) is 23.2. The molecule has 206 valence electrons. The molecule has 0 saturated carbocycles. The van der Waals surface area contributed by atoms with Gasteiger partial charge in [0, 0.05) is 17.7 Å². The van der Waals surface area contributed by atoms with Gasteiger partial charge < -0.3 is 5.11 Å². The van der Waals surface area contributed by atoms with Crippen molar-refractivity contribution in [2.45, 2.75) is 62.3 Å². The van der Waals surface area contributed by atoms with E-state index < -0.39 is 38.2 Å². The van der Waals surface area contributed by atoms with Crippen molar-refractivity contribution in [1.29, 1.82) is 5.26 Å². The van der Waals surface area contributed by atoms with E-state index in [-0.39, 0.29) is 10.7 Å². The standard InChI is InChI=1S/C30H29FN4O4S/c1-4-6-7-27-34-29(36)28(30(37)35(27)25(5-2)22-10-8-20(18-32)9-11-22)40(38,39)23-14-12-21(13-15-23)24-16-17-26(31)33-19(24)3/h8-17,25,37H,4-7H2,1-3H3. The van der Waals surface area contributed by atoms with Gasteiger partial charge in [0.15, 0.2) is 4.90 Å². The fourth-order valence-corrected chi connectivity index (χ4v) is 6.08. The fraction of sp³-hybridized carbons (Fsp3) is 0.267. The lowest BCUT2D eigenvalue weighted by atomic mass is 10.0. The van der Waals surface area contributed by atoms with E-state index in [0.29, 0.717) is 41.6 Å². The third kappa shape index (κ3) is 5.51. The van der Waals surface area contributed by atoms with Crippen LogP contribution in [0.2, 0.25) is 0 Å². The van der Waals surface area contributed by atoms with Crippen molar-refractivity contribution in [3.8, 4) is 23.1 Å². The number of rotatable bonds is 9. The van der Waals surface area contributed by atoms with E-state index in [2.05, 4.69) is 16.0 Å². The number of nitrogens with zero attached hydrogens (tertiary/aromatic N) is 4. The summed E-state index contributed by atoms with van der Waals surface area (Å²) in [5, 5.41) is 20.6. The lowest BCUT2D eigenvalue weighted by Gasteiger charge is -2.25. The molecule has 0 aliphatic heterocycles. The summed E-state index contributed by atoms with van der Waals surface area (Å²) in [6.07, 6.45) is 2.31. The second-order valence-corrected chi connectivity index (χ2v) is 11.3. The summed E-state index contributed by atoms with van der Waals surface area (Å²) >= 11 is 0. The second-order valence-electron chi connectivity index (χ2n) is 9.41. The van der Waals surface area contributed by atoms with Crippen LogP contribution in [0, 0.1) is 24.2 Å². The molecular formula is C30H29FN4O4S. The van der Waals surface area contributed by atoms with E-state index in [0.717, 1.165) is 12.0 Å². The van der Waals surface area contributed by atoms with E-state index in [9.17, 15) is 28.0 Å². The number of hydrogen-bond donors (Lipinski definition) is 1. The molecule has 0 saturated heterocycles. The first-order valence-corrected chi connectivity index (χ1v) is 14.4. The third-order valence-corrected chi connectivity index (χ3v) is 8.59. The Hall–Kier alpha value is -4.36. The average Bonchev–Trinajstić information content (AvgIpc) is 2.93. The van der Waals surface area contributed by atoms with E-state index in [1.807, 2.05) is 13.8 Å². The average molecular weight is 561 g/mol. The minimum atomic E-state index is -4.47. The van der Waals surface area contributed by atoms with Crippen LogP contribution in [-0.4, -0.2) is 28.1 Å². The molecule has 0 radical (unpaired) electrons. The van der Waals surface area contributed by atoms with Crippen molar-refractivity contribution in [2.75, 3.05) is 0 Å². The van der Waals surface area contributed by atoms with Gasteiger partial charge in [-0.25, -0.2) is 13.4 Å². The van der Waals surface area contributed by atoms with Crippen molar-refractivity contribution in [2.24, 2.45) is 0 Å². The molecule has 1 unspecified atom stereocenters. The predicted octanol–water partition coefficient (Wildman–Crippen LogP) is 5.50. The highest BCUT2D eigenvalue weighted by Crippen LogP contribution is 2.34. The van der Waals surface area contributed by atoms with Crippen LogP contribution in [0.25, 0.3) is 11.1 Å². The Bertz CT molecular complexity index is 1740. The highest BCUT2D eigenvalue weighted by molar-refractivity contribution is 7.91. The second kappa shape index (κ2) is 11.8. The van der Waals surface area contributed by atoms with Crippen molar-refractivity contribution in [1.82, 2.24) is 14.5 Å². The van der Waals surface area contributed by atoms with Crippen LogP contribution >= 0.6 is 0 Å². The summed E-state index contributed by atoms with van der Waals surface area (Å²) in [5.74, 6) is -1.01. The molecule has 2 aromatic carbocycles. The van der Waals surface area contributed by atoms with Crippen LogP contribution in [0.5, 0.6) is 5.88 Å². The Morgan fingerprint density at radius 1 is 1.02 bits per heavy atom. The summed E-state index contributed by atoms with van der Waals surface area (Å²) in [6, 6.07) is 16.8. The quantitative estimate of drug-likeness (QED) is 0.268. The Morgan fingerprint density at radius 3 is 2.27 bits per heavy atom. The van der Waals surface area contributed by atoms with E-state index in [4.69, 9.17) is 0 Å². The number of aryl methyl sites for hydroxylation is 2. The molecule has 40 heavy (non-hydrogen) atoms. The molecule has 0 aliphatic rings. The summed E-state index contributed by atoms with van der Waals surface area (Å²) in [4.78, 5) is 20.1. The van der Waals surface area contributed by atoms with Gasteiger partial charge >= 0.3 is 0 Å². The molecule has 0 bridgehead atoms. The number of aromatic nitrogens is 3. The molecule has 0 fully saturated rings. The minimum absolute atomic E-state index is 0.197. The Balaban J connectivity index is 1.85. The van der Waals surface area contributed by atoms with Gasteiger partial charge in [0.2, 0.25) is 21.7 Å².